The first kappa shape index (κ1) is 25.5. The van der Waals surface area contributed by atoms with Gasteiger partial charge in [0, 0.05) is 30.3 Å². The summed E-state index contributed by atoms with van der Waals surface area (Å²) in [5.41, 5.74) is 5.83. The summed E-state index contributed by atoms with van der Waals surface area (Å²) in [4.78, 5) is 19.3. The number of carbonyl (C=O) groups excluding carboxylic acids is 1. The number of rotatable bonds is 9. The van der Waals surface area contributed by atoms with E-state index in [0.29, 0.717) is 41.6 Å². The van der Waals surface area contributed by atoms with Crippen molar-refractivity contribution in [3.8, 4) is 34.0 Å². The normalized spacial score (nSPS) is 15.1. The van der Waals surface area contributed by atoms with Crippen LogP contribution in [0.1, 0.15) is 23.4 Å². The van der Waals surface area contributed by atoms with Crippen LogP contribution in [0.4, 0.5) is 5.69 Å². The third-order valence-electron chi connectivity index (χ3n) is 6.96. The minimum absolute atomic E-state index is 0.0940. The van der Waals surface area contributed by atoms with Gasteiger partial charge in [0.15, 0.2) is 11.5 Å². The number of hydrogen-bond donors (Lipinski definition) is 1. The lowest BCUT2D eigenvalue weighted by Gasteiger charge is -2.37. The Morgan fingerprint density at radius 1 is 1.05 bits per heavy atom. The third kappa shape index (κ3) is 5.70. The Hall–Kier alpha value is -4.17. The molecule has 8 nitrogen and oxygen atoms in total. The van der Waals surface area contributed by atoms with Crippen LogP contribution in [0.3, 0.4) is 0 Å². The van der Waals surface area contributed by atoms with E-state index in [1.807, 2.05) is 48.5 Å². The van der Waals surface area contributed by atoms with E-state index in [-0.39, 0.29) is 12.3 Å². The SMILES string of the molecule is COc1ccc(NC(=O)Cc2ccc(-c3ccc(-c4noc(C)n4)cc3C)cc2)cc1OCC1CCN1C. The molecule has 8 heteroatoms. The molecule has 1 N–H and O–H groups in total. The highest BCUT2D eigenvalue weighted by molar-refractivity contribution is 5.92. The molecule has 4 aromatic rings. The molecule has 38 heavy (non-hydrogen) atoms. The molecule has 1 saturated heterocycles. The number of ether oxygens (including phenoxy) is 2. The Morgan fingerprint density at radius 3 is 2.47 bits per heavy atom. The Labute approximate surface area is 222 Å². The highest BCUT2D eigenvalue weighted by Gasteiger charge is 2.25. The summed E-state index contributed by atoms with van der Waals surface area (Å²) in [5.74, 6) is 2.31. The molecule has 1 aromatic heterocycles. The van der Waals surface area contributed by atoms with Crippen molar-refractivity contribution in [2.24, 2.45) is 0 Å². The van der Waals surface area contributed by atoms with E-state index in [4.69, 9.17) is 14.0 Å². The molecule has 0 spiro atoms. The number of likely N-dealkylation sites (tertiary alicyclic amines) is 1. The zero-order valence-corrected chi connectivity index (χ0v) is 22.2. The number of anilines is 1. The summed E-state index contributed by atoms with van der Waals surface area (Å²) in [6.45, 7) is 5.52. The Morgan fingerprint density at radius 2 is 1.84 bits per heavy atom. The number of nitrogens with zero attached hydrogens (tertiary/aromatic N) is 3. The third-order valence-corrected chi connectivity index (χ3v) is 6.96. The fourth-order valence-electron chi connectivity index (χ4n) is 4.57. The number of aromatic nitrogens is 2. The second kappa shape index (κ2) is 11.1. The number of benzene rings is 3. The number of methoxy groups -OCH3 is 1. The number of amides is 1. The van der Waals surface area contributed by atoms with Gasteiger partial charge >= 0.3 is 0 Å². The summed E-state index contributed by atoms with van der Waals surface area (Å²) < 4.78 is 16.5. The zero-order chi connectivity index (χ0) is 26.6. The van der Waals surface area contributed by atoms with E-state index < -0.39 is 0 Å². The molecular formula is C30H32N4O4. The largest absolute Gasteiger partial charge is 0.493 e. The van der Waals surface area contributed by atoms with Crippen LogP contribution in [0.5, 0.6) is 11.5 Å². The summed E-state index contributed by atoms with van der Waals surface area (Å²) >= 11 is 0. The average Bonchev–Trinajstić information content (AvgIpc) is 3.35. The van der Waals surface area contributed by atoms with Crippen LogP contribution in [-0.4, -0.2) is 54.3 Å². The summed E-state index contributed by atoms with van der Waals surface area (Å²) in [7, 11) is 3.71. The van der Waals surface area contributed by atoms with E-state index in [1.54, 1.807) is 14.0 Å². The van der Waals surface area contributed by atoms with E-state index in [9.17, 15) is 4.79 Å². The average molecular weight is 513 g/mol. The quantitative estimate of drug-likeness (QED) is 0.326. The van der Waals surface area contributed by atoms with Crippen molar-refractivity contribution in [1.82, 2.24) is 15.0 Å². The maximum atomic E-state index is 12.8. The summed E-state index contributed by atoms with van der Waals surface area (Å²) in [6.07, 6.45) is 1.39. The second-order valence-corrected chi connectivity index (χ2v) is 9.69. The lowest BCUT2D eigenvalue weighted by atomic mass is 9.97. The minimum Gasteiger partial charge on any atom is -0.493 e. The number of likely N-dealkylation sites (N-methyl/N-ethyl adjacent to an activating group) is 1. The van der Waals surface area contributed by atoms with Gasteiger partial charge in [-0.05, 0) is 67.4 Å². The van der Waals surface area contributed by atoms with E-state index in [2.05, 4.69) is 46.5 Å². The van der Waals surface area contributed by atoms with Gasteiger partial charge in [-0.3, -0.25) is 9.69 Å². The second-order valence-electron chi connectivity index (χ2n) is 9.69. The molecule has 3 aromatic carbocycles. The number of nitrogens with one attached hydrogen (secondary N) is 1. The maximum Gasteiger partial charge on any atom is 0.228 e. The molecule has 0 radical (unpaired) electrons. The first-order chi connectivity index (χ1) is 18.4. The molecule has 5 rings (SSSR count). The molecule has 1 aliphatic rings. The van der Waals surface area contributed by atoms with Crippen LogP contribution in [-0.2, 0) is 11.2 Å². The van der Waals surface area contributed by atoms with Crippen molar-refractivity contribution in [1.29, 1.82) is 0 Å². The molecule has 0 bridgehead atoms. The molecular weight excluding hydrogens is 480 g/mol. The molecule has 2 heterocycles. The first-order valence-electron chi connectivity index (χ1n) is 12.7. The van der Waals surface area contributed by atoms with Crippen molar-refractivity contribution >= 4 is 11.6 Å². The smallest absolute Gasteiger partial charge is 0.228 e. The summed E-state index contributed by atoms with van der Waals surface area (Å²) in [6, 6.07) is 20.0. The van der Waals surface area contributed by atoms with Crippen LogP contribution in [0.25, 0.3) is 22.5 Å². The lowest BCUT2D eigenvalue weighted by Crippen LogP contribution is -2.48. The predicted octanol–water partition coefficient (Wildman–Crippen LogP) is 5.29. The van der Waals surface area contributed by atoms with Gasteiger partial charge in [0.05, 0.1) is 13.5 Å². The zero-order valence-electron chi connectivity index (χ0n) is 22.2. The monoisotopic (exact) mass is 512 g/mol. The van der Waals surface area contributed by atoms with E-state index in [1.165, 1.54) is 0 Å². The van der Waals surface area contributed by atoms with Gasteiger partial charge in [-0.15, -0.1) is 0 Å². The predicted molar refractivity (Wildman–Crippen MR) is 147 cm³/mol. The molecule has 0 aliphatic carbocycles. The minimum atomic E-state index is -0.0940. The van der Waals surface area contributed by atoms with Crippen molar-refractivity contribution in [3.05, 3.63) is 77.7 Å². The van der Waals surface area contributed by atoms with Gasteiger partial charge in [-0.25, -0.2) is 0 Å². The standard InChI is InChI=1S/C30H32N4O4/c1-19-15-23(30-31-20(2)38-33-30)9-11-26(19)22-7-5-21(6-8-22)16-29(35)32-24-10-12-27(36-4)28(17-24)37-18-25-13-14-34(25)3/h5-12,15,17,25H,13-14,16,18H2,1-4H3,(H,32,35). The highest BCUT2D eigenvalue weighted by atomic mass is 16.5. The van der Waals surface area contributed by atoms with E-state index >= 15 is 0 Å². The molecule has 1 fully saturated rings. The highest BCUT2D eigenvalue weighted by Crippen LogP contribution is 2.32. The van der Waals surface area contributed by atoms with Crippen molar-refractivity contribution in [2.75, 3.05) is 32.6 Å². The first-order valence-corrected chi connectivity index (χ1v) is 12.7. The van der Waals surface area contributed by atoms with E-state index in [0.717, 1.165) is 40.8 Å². The van der Waals surface area contributed by atoms with Crippen LogP contribution in [0, 0.1) is 13.8 Å². The molecule has 1 atom stereocenters. The molecule has 0 saturated carbocycles. The van der Waals surface area contributed by atoms with Crippen LogP contribution >= 0.6 is 0 Å². The van der Waals surface area contributed by atoms with Gasteiger partial charge in [-0.1, -0.05) is 41.6 Å². The molecule has 1 aliphatic heterocycles. The topological polar surface area (TPSA) is 89.7 Å². The number of carbonyl (C=O) groups is 1. The fourth-order valence-corrected chi connectivity index (χ4v) is 4.57. The van der Waals surface area contributed by atoms with Gasteiger partial charge in [0.1, 0.15) is 6.61 Å². The molecule has 1 unspecified atom stereocenters. The van der Waals surface area contributed by atoms with Crippen LogP contribution in [0.15, 0.2) is 65.2 Å². The van der Waals surface area contributed by atoms with Gasteiger partial charge < -0.3 is 19.3 Å². The molecule has 1 amide bonds. The van der Waals surface area contributed by atoms with Crippen LogP contribution < -0.4 is 14.8 Å². The van der Waals surface area contributed by atoms with Gasteiger partial charge in [0.2, 0.25) is 17.6 Å². The number of hydrogen-bond acceptors (Lipinski definition) is 7. The summed E-state index contributed by atoms with van der Waals surface area (Å²) in [5, 5.41) is 6.98. The Balaban J connectivity index is 1.21. The van der Waals surface area contributed by atoms with Crippen molar-refractivity contribution in [2.45, 2.75) is 32.7 Å². The Bertz CT molecular complexity index is 1430. The van der Waals surface area contributed by atoms with Crippen LogP contribution in [0.2, 0.25) is 0 Å². The maximum absolute atomic E-state index is 12.8. The van der Waals surface area contributed by atoms with Gasteiger partial charge in [0.25, 0.3) is 0 Å². The van der Waals surface area contributed by atoms with Crippen molar-refractivity contribution < 1.29 is 18.8 Å². The van der Waals surface area contributed by atoms with Gasteiger partial charge in [-0.2, -0.15) is 4.98 Å². The number of aryl methyl sites for hydroxylation is 2. The fraction of sp³-hybridized carbons (Fsp3) is 0.300. The van der Waals surface area contributed by atoms with Crippen molar-refractivity contribution in [3.63, 3.8) is 0 Å². The molecule has 196 valence electrons. The Kier molecular flexibility index (Phi) is 7.42. The lowest BCUT2D eigenvalue weighted by molar-refractivity contribution is -0.115.